The van der Waals surface area contributed by atoms with Gasteiger partial charge in [0.2, 0.25) is 11.8 Å². The zero-order valence-electron chi connectivity index (χ0n) is 12.3. The van der Waals surface area contributed by atoms with E-state index in [0.717, 1.165) is 12.8 Å². The number of carbonyl (C=O) groups excluding carboxylic acids is 1. The van der Waals surface area contributed by atoms with E-state index in [4.69, 9.17) is 4.74 Å². The van der Waals surface area contributed by atoms with Gasteiger partial charge in [0.15, 0.2) is 5.16 Å². The Balaban J connectivity index is 1.93. The molecule has 1 aliphatic carbocycles. The molecule has 0 aliphatic heterocycles. The Bertz CT molecular complexity index is 541. The summed E-state index contributed by atoms with van der Waals surface area (Å²) >= 11 is 1.23. The number of H-pyrrole nitrogens is 1. The van der Waals surface area contributed by atoms with E-state index in [1.165, 1.54) is 44.2 Å². The van der Waals surface area contributed by atoms with Crippen molar-refractivity contribution >= 4 is 17.7 Å². The number of carbonyl (C=O) groups is 1. The second-order valence-electron chi connectivity index (χ2n) is 5.20. The molecule has 0 saturated heterocycles. The molecule has 0 unspecified atom stereocenters. The summed E-state index contributed by atoms with van der Waals surface area (Å²) in [5, 5.41) is 3.15. The minimum Gasteiger partial charge on any atom is -0.481 e. The Kier molecular flexibility index (Phi) is 5.67. The van der Waals surface area contributed by atoms with Crippen molar-refractivity contribution in [1.29, 1.82) is 0 Å². The minimum absolute atomic E-state index is 0.0163. The molecule has 2 rings (SSSR count). The van der Waals surface area contributed by atoms with Gasteiger partial charge >= 0.3 is 0 Å². The molecular formula is C14H21N3O3S. The van der Waals surface area contributed by atoms with Crippen LogP contribution in [0.4, 0.5) is 0 Å². The highest BCUT2D eigenvalue weighted by Crippen LogP contribution is 2.22. The average Bonchev–Trinajstić information content (AvgIpc) is 2.47. The molecule has 0 aromatic carbocycles. The lowest BCUT2D eigenvalue weighted by Crippen LogP contribution is -2.40. The molecule has 1 amide bonds. The van der Waals surface area contributed by atoms with Crippen LogP contribution in [-0.2, 0) is 4.79 Å². The maximum Gasteiger partial charge on any atom is 0.255 e. The largest absolute Gasteiger partial charge is 0.481 e. The topological polar surface area (TPSA) is 84.1 Å². The van der Waals surface area contributed by atoms with Gasteiger partial charge in [0.25, 0.3) is 5.56 Å². The van der Waals surface area contributed by atoms with Crippen LogP contribution in [0, 0.1) is 0 Å². The first kappa shape index (κ1) is 15.9. The number of aromatic amines is 1. The van der Waals surface area contributed by atoms with E-state index in [9.17, 15) is 9.59 Å². The fraction of sp³-hybridized carbons (Fsp3) is 0.643. The van der Waals surface area contributed by atoms with Crippen molar-refractivity contribution in [1.82, 2.24) is 15.3 Å². The Morgan fingerprint density at radius 1 is 1.48 bits per heavy atom. The molecule has 0 radical (unpaired) electrons. The van der Waals surface area contributed by atoms with Crippen LogP contribution in [0.15, 0.2) is 16.0 Å². The van der Waals surface area contributed by atoms with E-state index in [-0.39, 0.29) is 28.6 Å². The van der Waals surface area contributed by atoms with E-state index in [0.29, 0.717) is 5.16 Å². The number of amides is 1. The van der Waals surface area contributed by atoms with Crippen molar-refractivity contribution in [3.8, 4) is 5.88 Å². The highest BCUT2D eigenvalue weighted by Gasteiger charge is 2.21. The summed E-state index contributed by atoms with van der Waals surface area (Å²) in [7, 11) is 1.45. The van der Waals surface area contributed by atoms with Crippen molar-refractivity contribution in [2.75, 3.05) is 7.11 Å². The van der Waals surface area contributed by atoms with Gasteiger partial charge in [-0.05, 0) is 19.8 Å². The molecule has 1 aromatic heterocycles. The molecule has 6 nitrogen and oxygen atoms in total. The molecule has 1 aromatic rings. The molecule has 7 heteroatoms. The van der Waals surface area contributed by atoms with Gasteiger partial charge in [-0.15, -0.1) is 0 Å². The smallest absolute Gasteiger partial charge is 0.255 e. The van der Waals surface area contributed by atoms with Crippen LogP contribution < -0.4 is 15.6 Å². The van der Waals surface area contributed by atoms with Crippen LogP contribution in [0.5, 0.6) is 5.88 Å². The third-order valence-corrected chi connectivity index (χ3v) is 4.50. The Morgan fingerprint density at radius 3 is 2.86 bits per heavy atom. The number of nitrogens with one attached hydrogen (secondary N) is 2. The molecule has 1 aliphatic rings. The van der Waals surface area contributed by atoms with Crippen LogP contribution in [0.1, 0.15) is 39.0 Å². The van der Waals surface area contributed by atoms with Crippen molar-refractivity contribution in [3.05, 3.63) is 16.4 Å². The fourth-order valence-corrected chi connectivity index (χ4v) is 3.17. The Morgan fingerprint density at radius 2 is 2.19 bits per heavy atom. The lowest BCUT2D eigenvalue weighted by Gasteiger charge is -2.24. The number of nitrogens with zero attached hydrogens (tertiary/aromatic N) is 1. The molecule has 1 saturated carbocycles. The molecule has 0 bridgehead atoms. The highest BCUT2D eigenvalue weighted by molar-refractivity contribution is 8.00. The quantitative estimate of drug-likeness (QED) is 0.639. The van der Waals surface area contributed by atoms with Gasteiger partial charge in [-0.1, -0.05) is 31.0 Å². The first-order chi connectivity index (χ1) is 10.1. The molecule has 1 fully saturated rings. The summed E-state index contributed by atoms with van der Waals surface area (Å²) in [5.74, 6) is 0.235. The number of methoxy groups -OCH3 is 1. The van der Waals surface area contributed by atoms with Crippen molar-refractivity contribution in [2.45, 2.75) is 55.5 Å². The maximum absolute atomic E-state index is 12.2. The van der Waals surface area contributed by atoms with Gasteiger partial charge in [0, 0.05) is 6.04 Å². The molecule has 0 spiro atoms. The third kappa shape index (κ3) is 4.77. The van der Waals surface area contributed by atoms with E-state index < -0.39 is 0 Å². The normalized spacial score (nSPS) is 17.2. The van der Waals surface area contributed by atoms with Gasteiger partial charge in [-0.2, -0.15) is 4.98 Å². The SMILES string of the molecule is COc1cc(=O)[nH]c(S[C@@H](C)C(=O)NC2CCCCC2)n1. The molecule has 2 N–H and O–H groups in total. The monoisotopic (exact) mass is 311 g/mol. The number of aromatic nitrogens is 2. The number of rotatable bonds is 5. The zero-order chi connectivity index (χ0) is 15.2. The average molecular weight is 311 g/mol. The summed E-state index contributed by atoms with van der Waals surface area (Å²) < 4.78 is 4.95. The summed E-state index contributed by atoms with van der Waals surface area (Å²) in [5.41, 5.74) is -0.288. The summed E-state index contributed by atoms with van der Waals surface area (Å²) in [4.78, 5) is 30.4. The van der Waals surface area contributed by atoms with Crippen molar-refractivity contribution in [2.24, 2.45) is 0 Å². The van der Waals surface area contributed by atoms with E-state index in [1.807, 2.05) is 6.92 Å². The Labute approximate surface area is 128 Å². The number of hydrogen-bond acceptors (Lipinski definition) is 5. The van der Waals surface area contributed by atoms with Crippen LogP contribution >= 0.6 is 11.8 Å². The van der Waals surface area contributed by atoms with Gasteiger partial charge in [0.1, 0.15) is 0 Å². The molecule has 1 atom stereocenters. The second kappa shape index (κ2) is 7.49. The van der Waals surface area contributed by atoms with Crippen molar-refractivity contribution in [3.63, 3.8) is 0 Å². The molecular weight excluding hydrogens is 290 g/mol. The summed E-state index contributed by atoms with van der Waals surface area (Å²) in [6, 6.07) is 1.56. The number of ether oxygens (including phenoxy) is 1. The van der Waals surface area contributed by atoms with Gasteiger partial charge < -0.3 is 15.0 Å². The van der Waals surface area contributed by atoms with E-state index in [1.54, 1.807) is 0 Å². The van der Waals surface area contributed by atoms with Crippen LogP contribution in [-0.4, -0.2) is 34.3 Å². The lowest BCUT2D eigenvalue weighted by molar-refractivity contribution is -0.121. The molecule has 116 valence electrons. The van der Waals surface area contributed by atoms with Crippen LogP contribution in [0.3, 0.4) is 0 Å². The molecule has 1 heterocycles. The van der Waals surface area contributed by atoms with E-state index in [2.05, 4.69) is 15.3 Å². The van der Waals surface area contributed by atoms with Crippen LogP contribution in [0.2, 0.25) is 0 Å². The lowest BCUT2D eigenvalue weighted by atomic mass is 9.95. The predicted molar refractivity (Wildman–Crippen MR) is 81.7 cm³/mol. The van der Waals surface area contributed by atoms with Gasteiger partial charge in [-0.3, -0.25) is 9.59 Å². The zero-order valence-corrected chi connectivity index (χ0v) is 13.2. The van der Waals surface area contributed by atoms with Gasteiger partial charge in [-0.25, -0.2) is 0 Å². The standard InChI is InChI=1S/C14H21N3O3S/c1-9(13(19)15-10-6-4-3-5-7-10)21-14-16-11(18)8-12(17-14)20-2/h8-10H,3-7H2,1-2H3,(H,15,19)(H,16,17,18)/t9-/m0/s1. The van der Waals surface area contributed by atoms with Crippen molar-refractivity contribution < 1.29 is 9.53 Å². The first-order valence-electron chi connectivity index (χ1n) is 7.21. The number of thioether (sulfide) groups is 1. The minimum atomic E-state index is -0.317. The predicted octanol–water partition coefficient (Wildman–Crippen LogP) is 1.71. The second-order valence-corrected chi connectivity index (χ2v) is 6.53. The summed E-state index contributed by atoms with van der Waals surface area (Å²) in [6.07, 6.45) is 5.72. The maximum atomic E-state index is 12.2. The fourth-order valence-electron chi connectivity index (χ4n) is 2.36. The van der Waals surface area contributed by atoms with Crippen LogP contribution in [0.25, 0.3) is 0 Å². The van der Waals surface area contributed by atoms with E-state index >= 15 is 0 Å². The number of hydrogen-bond donors (Lipinski definition) is 2. The highest BCUT2D eigenvalue weighted by atomic mass is 32.2. The molecule has 21 heavy (non-hydrogen) atoms. The third-order valence-electron chi connectivity index (χ3n) is 3.51. The summed E-state index contributed by atoms with van der Waals surface area (Å²) in [6.45, 7) is 1.81. The van der Waals surface area contributed by atoms with Gasteiger partial charge in [0.05, 0.1) is 18.4 Å². The Hall–Kier alpha value is -1.50. The first-order valence-corrected chi connectivity index (χ1v) is 8.09.